The Morgan fingerprint density at radius 1 is 0.914 bits per heavy atom. The molecule has 35 heavy (non-hydrogen) atoms. The SMILES string of the molecule is CCOc1ccc(N=C2NC(=O)/C(=C\c3ccc(OCc4ccc(Br)cc4)c(OCC)c3)S2)cc1. The van der Waals surface area contributed by atoms with E-state index in [4.69, 9.17) is 14.2 Å². The van der Waals surface area contributed by atoms with Gasteiger partial charge in [0, 0.05) is 4.47 Å². The highest BCUT2D eigenvalue weighted by molar-refractivity contribution is 9.10. The molecule has 0 atom stereocenters. The van der Waals surface area contributed by atoms with Crippen molar-refractivity contribution in [2.75, 3.05) is 13.2 Å². The van der Waals surface area contributed by atoms with Gasteiger partial charge in [-0.2, -0.15) is 0 Å². The summed E-state index contributed by atoms with van der Waals surface area (Å²) in [6.45, 7) is 5.40. The lowest BCUT2D eigenvalue weighted by Gasteiger charge is -2.13. The number of benzene rings is 3. The second kappa shape index (κ2) is 12.0. The van der Waals surface area contributed by atoms with Gasteiger partial charge in [0.05, 0.1) is 23.8 Å². The summed E-state index contributed by atoms with van der Waals surface area (Å²) in [6, 6.07) is 21.0. The summed E-state index contributed by atoms with van der Waals surface area (Å²) in [5.74, 6) is 1.88. The molecule has 180 valence electrons. The third-order valence-corrected chi connectivity index (χ3v) is 6.34. The number of nitrogens with one attached hydrogen (secondary N) is 1. The summed E-state index contributed by atoms with van der Waals surface area (Å²) >= 11 is 4.74. The number of hydrogen-bond donors (Lipinski definition) is 1. The molecule has 1 N–H and O–H groups in total. The number of rotatable bonds is 9. The number of carbonyl (C=O) groups is 1. The molecule has 3 aromatic carbocycles. The standard InChI is InChI=1S/C27H25BrN2O4S/c1-3-32-22-12-10-21(11-13-22)29-27-30-26(31)25(35-27)16-19-7-14-23(24(15-19)33-4-2)34-17-18-5-8-20(28)9-6-18/h5-16H,3-4,17H2,1-2H3,(H,29,30,31)/b25-16+. The van der Waals surface area contributed by atoms with E-state index in [0.717, 1.165) is 27.0 Å². The molecule has 1 aliphatic rings. The quantitative estimate of drug-likeness (QED) is 0.298. The Labute approximate surface area is 217 Å². The molecule has 0 spiro atoms. The van der Waals surface area contributed by atoms with Gasteiger partial charge in [-0.15, -0.1) is 0 Å². The molecule has 0 saturated carbocycles. The number of amidine groups is 1. The minimum absolute atomic E-state index is 0.187. The van der Waals surface area contributed by atoms with Crippen LogP contribution in [0.4, 0.5) is 5.69 Å². The molecule has 6 nitrogen and oxygen atoms in total. The van der Waals surface area contributed by atoms with Gasteiger partial charge in [0.25, 0.3) is 5.91 Å². The maximum atomic E-state index is 12.5. The highest BCUT2D eigenvalue weighted by atomic mass is 79.9. The van der Waals surface area contributed by atoms with Crippen LogP contribution >= 0.6 is 27.7 Å². The van der Waals surface area contributed by atoms with Crippen molar-refractivity contribution < 1.29 is 19.0 Å². The zero-order valence-electron chi connectivity index (χ0n) is 19.4. The predicted octanol–water partition coefficient (Wildman–Crippen LogP) is 6.72. The molecule has 4 rings (SSSR count). The van der Waals surface area contributed by atoms with Gasteiger partial charge in [-0.3, -0.25) is 4.79 Å². The van der Waals surface area contributed by atoms with Gasteiger partial charge >= 0.3 is 0 Å². The number of amides is 1. The minimum Gasteiger partial charge on any atom is -0.494 e. The van der Waals surface area contributed by atoms with E-state index in [1.807, 2.05) is 86.7 Å². The van der Waals surface area contributed by atoms with Crippen LogP contribution in [0.1, 0.15) is 25.0 Å². The fourth-order valence-electron chi connectivity index (χ4n) is 3.28. The zero-order valence-corrected chi connectivity index (χ0v) is 21.8. The molecule has 0 unspecified atom stereocenters. The molecule has 1 fully saturated rings. The third kappa shape index (κ3) is 6.90. The van der Waals surface area contributed by atoms with Crippen LogP contribution in [0.2, 0.25) is 0 Å². The average Bonchev–Trinajstić information content (AvgIpc) is 3.19. The fourth-order valence-corrected chi connectivity index (χ4v) is 4.38. The van der Waals surface area contributed by atoms with Gasteiger partial charge in [0.15, 0.2) is 16.7 Å². The van der Waals surface area contributed by atoms with Crippen LogP contribution in [0.5, 0.6) is 17.2 Å². The van der Waals surface area contributed by atoms with Crippen molar-refractivity contribution in [2.45, 2.75) is 20.5 Å². The monoisotopic (exact) mass is 552 g/mol. The van der Waals surface area contributed by atoms with Gasteiger partial charge in [-0.25, -0.2) is 4.99 Å². The number of ether oxygens (including phenoxy) is 3. The van der Waals surface area contributed by atoms with E-state index in [-0.39, 0.29) is 5.91 Å². The normalized spacial score (nSPS) is 15.3. The molecule has 1 heterocycles. The minimum atomic E-state index is -0.187. The molecule has 1 saturated heterocycles. The van der Waals surface area contributed by atoms with E-state index in [0.29, 0.717) is 41.4 Å². The van der Waals surface area contributed by atoms with Crippen molar-refractivity contribution in [2.24, 2.45) is 4.99 Å². The number of halogens is 1. The van der Waals surface area contributed by atoms with Gasteiger partial charge in [-0.1, -0.05) is 34.1 Å². The summed E-state index contributed by atoms with van der Waals surface area (Å²) < 4.78 is 18.3. The number of carbonyl (C=O) groups excluding carboxylic acids is 1. The molecular weight excluding hydrogens is 528 g/mol. The van der Waals surface area contributed by atoms with Gasteiger partial charge in [0.2, 0.25) is 0 Å². The predicted molar refractivity (Wildman–Crippen MR) is 145 cm³/mol. The molecule has 1 aliphatic heterocycles. The lowest BCUT2D eigenvalue weighted by atomic mass is 10.2. The van der Waals surface area contributed by atoms with Crippen molar-refractivity contribution >= 4 is 50.5 Å². The topological polar surface area (TPSA) is 69.2 Å². The average molecular weight is 553 g/mol. The summed E-state index contributed by atoms with van der Waals surface area (Å²) in [6.07, 6.45) is 1.82. The van der Waals surface area contributed by atoms with Crippen LogP contribution in [-0.2, 0) is 11.4 Å². The number of aliphatic imine (C=N–C) groups is 1. The Morgan fingerprint density at radius 3 is 2.37 bits per heavy atom. The zero-order chi connectivity index (χ0) is 24.6. The summed E-state index contributed by atoms with van der Waals surface area (Å²) in [5, 5.41) is 3.35. The van der Waals surface area contributed by atoms with Crippen LogP contribution in [-0.4, -0.2) is 24.3 Å². The van der Waals surface area contributed by atoms with Crippen molar-refractivity contribution in [1.29, 1.82) is 0 Å². The van der Waals surface area contributed by atoms with E-state index in [9.17, 15) is 4.79 Å². The van der Waals surface area contributed by atoms with Crippen molar-refractivity contribution in [3.8, 4) is 17.2 Å². The molecule has 8 heteroatoms. The van der Waals surface area contributed by atoms with Crippen molar-refractivity contribution in [3.63, 3.8) is 0 Å². The smallest absolute Gasteiger partial charge is 0.264 e. The van der Waals surface area contributed by atoms with E-state index >= 15 is 0 Å². The molecule has 0 aliphatic carbocycles. The lowest BCUT2D eigenvalue weighted by Crippen LogP contribution is -2.19. The van der Waals surface area contributed by atoms with E-state index < -0.39 is 0 Å². The maximum absolute atomic E-state index is 12.5. The Hall–Kier alpha value is -3.23. The van der Waals surface area contributed by atoms with Crippen molar-refractivity contribution in [3.05, 3.63) is 87.2 Å². The second-order valence-electron chi connectivity index (χ2n) is 7.46. The van der Waals surface area contributed by atoms with Crippen LogP contribution in [0, 0.1) is 0 Å². The Bertz CT molecular complexity index is 1240. The van der Waals surface area contributed by atoms with Gasteiger partial charge < -0.3 is 19.5 Å². The summed E-state index contributed by atoms with van der Waals surface area (Å²) in [5.41, 5.74) is 2.63. The van der Waals surface area contributed by atoms with Crippen LogP contribution < -0.4 is 19.5 Å². The largest absolute Gasteiger partial charge is 0.494 e. The fraction of sp³-hybridized carbons (Fsp3) is 0.185. The number of hydrogen-bond acceptors (Lipinski definition) is 6. The second-order valence-corrected chi connectivity index (χ2v) is 9.41. The number of nitrogens with zero attached hydrogens (tertiary/aromatic N) is 1. The maximum Gasteiger partial charge on any atom is 0.264 e. The Balaban J connectivity index is 1.47. The Kier molecular flexibility index (Phi) is 8.50. The third-order valence-electron chi connectivity index (χ3n) is 4.90. The first-order valence-electron chi connectivity index (χ1n) is 11.2. The van der Waals surface area contributed by atoms with E-state index in [2.05, 4.69) is 26.2 Å². The van der Waals surface area contributed by atoms with Gasteiger partial charge in [-0.05, 0) is 91.3 Å². The molecular formula is C27H25BrN2O4S. The van der Waals surface area contributed by atoms with Gasteiger partial charge in [0.1, 0.15) is 12.4 Å². The first kappa shape index (κ1) is 24.9. The lowest BCUT2D eigenvalue weighted by molar-refractivity contribution is -0.115. The van der Waals surface area contributed by atoms with E-state index in [1.54, 1.807) is 0 Å². The molecule has 0 radical (unpaired) electrons. The van der Waals surface area contributed by atoms with E-state index in [1.165, 1.54) is 11.8 Å². The number of thioether (sulfide) groups is 1. The van der Waals surface area contributed by atoms with Crippen LogP contribution in [0.15, 0.2) is 81.1 Å². The first-order valence-corrected chi connectivity index (χ1v) is 12.8. The van der Waals surface area contributed by atoms with Crippen molar-refractivity contribution in [1.82, 2.24) is 5.32 Å². The highest BCUT2D eigenvalue weighted by Gasteiger charge is 2.24. The molecule has 3 aromatic rings. The highest BCUT2D eigenvalue weighted by Crippen LogP contribution is 2.33. The summed E-state index contributed by atoms with van der Waals surface area (Å²) in [4.78, 5) is 17.6. The van der Waals surface area contributed by atoms with Crippen LogP contribution in [0.25, 0.3) is 6.08 Å². The molecule has 0 aromatic heterocycles. The Morgan fingerprint density at radius 2 is 1.66 bits per heavy atom. The first-order chi connectivity index (χ1) is 17.0. The van der Waals surface area contributed by atoms with Crippen LogP contribution in [0.3, 0.4) is 0 Å². The molecule has 1 amide bonds. The molecule has 0 bridgehead atoms. The summed E-state index contributed by atoms with van der Waals surface area (Å²) in [7, 11) is 0.